The molecule has 3 aromatic rings. The molecule has 30 heavy (non-hydrogen) atoms. The maximum Gasteiger partial charge on any atom is 0.329 e. The highest BCUT2D eigenvalue weighted by molar-refractivity contribution is 6.35. The first kappa shape index (κ1) is 21.0. The second kappa shape index (κ2) is 9.69. The Bertz CT molecular complexity index is 1070. The Kier molecular flexibility index (Phi) is 6.80. The normalized spacial score (nSPS) is 11.1. The van der Waals surface area contributed by atoms with Crippen LogP contribution in [0.5, 0.6) is 5.75 Å². The van der Waals surface area contributed by atoms with Gasteiger partial charge in [0.05, 0.1) is 12.3 Å². The van der Waals surface area contributed by atoms with Crippen molar-refractivity contribution in [2.75, 3.05) is 0 Å². The third kappa shape index (κ3) is 5.44. The number of benzene rings is 3. The number of amides is 2. The number of nitrogens with zero attached hydrogens (tertiary/aromatic N) is 1. The van der Waals surface area contributed by atoms with Crippen molar-refractivity contribution in [2.24, 2.45) is 5.10 Å². The molecular weight excluding hydrogens is 378 g/mol. The molecule has 3 rings (SSSR count). The van der Waals surface area contributed by atoms with Crippen LogP contribution in [0.2, 0.25) is 0 Å². The molecule has 2 amide bonds. The van der Waals surface area contributed by atoms with Gasteiger partial charge < -0.3 is 10.1 Å². The molecule has 0 aliphatic heterocycles. The summed E-state index contributed by atoms with van der Waals surface area (Å²) in [6, 6.07) is 19.4. The van der Waals surface area contributed by atoms with Gasteiger partial charge in [-0.15, -0.1) is 0 Å². The van der Waals surface area contributed by atoms with E-state index in [4.69, 9.17) is 4.74 Å². The van der Waals surface area contributed by atoms with E-state index in [0.29, 0.717) is 5.75 Å². The molecule has 0 saturated heterocycles. The van der Waals surface area contributed by atoms with E-state index in [9.17, 15) is 9.59 Å². The number of aryl methyl sites for hydroxylation is 1. The number of carbonyl (C=O) groups is 2. The molecule has 0 aromatic heterocycles. The quantitative estimate of drug-likeness (QED) is 0.374. The van der Waals surface area contributed by atoms with E-state index >= 15 is 0 Å². The number of fused-ring (bicyclic) bond motifs is 1. The molecule has 0 radical (unpaired) electrons. The zero-order chi connectivity index (χ0) is 21.5. The molecule has 6 nitrogen and oxygen atoms in total. The molecule has 0 aliphatic rings. The SMILES string of the molecule is Cc1ccc(CNC(=O)C(=O)N/N=C\c2c(OC(C)C)ccc3ccccc23)cc1. The van der Waals surface area contributed by atoms with Gasteiger partial charge in [-0.2, -0.15) is 5.10 Å². The molecule has 0 fully saturated rings. The van der Waals surface area contributed by atoms with Crippen molar-refractivity contribution >= 4 is 28.8 Å². The van der Waals surface area contributed by atoms with Crippen LogP contribution < -0.4 is 15.5 Å². The number of hydrogen-bond donors (Lipinski definition) is 2. The number of hydrazone groups is 1. The maximum absolute atomic E-state index is 12.1. The molecule has 0 aliphatic carbocycles. The molecule has 0 saturated carbocycles. The van der Waals surface area contributed by atoms with Gasteiger partial charge in [0.25, 0.3) is 0 Å². The smallest absolute Gasteiger partial charge is 0.329 e. The summed E-state index contributed by atoms with van der Waals surface area (Å²) in [4.78, 5) is 24.1. The van der Waals surface area contributed by atoms with E-state index in [1.165, 1.54) is 6.21 Å². The van der Waals surface area contributed by atoms with Gasteiger partial charge in [-0.1, -0.05) is 60.2 Å². The minimum Gasteiger partial charge on any atom is -0.490 e. The fraction of sp³-hybridized carbons (Fsp3) is 0.208. The predicted octanol–water partition coefficient (Wildman–Crippen LogP) is 3.70. The fourth-order valence-electron chi connectivity index (χ4n) is 2.94. The molecule has 3 aromatic carbocycles. The van der Waals surface area contributed by atoms with Crippen LogP contribution in [0.4, 0.5) is 0 Å². The Hall–Kier alpha value is -3.67. The van der Waals surface area contributed by atoms with Crippen LogP contribution in [0.25, 0.3) is 10.8 Å². The number of hydrogen-bond acceptors (Lipinski definition) is 4. The zero-order valence-electron chi connectivity index (χ0n) is 17.3. The summed E-state index contributed by atoms with van der Waals surface area (Å²) in [6.07, 6.45) is 1.49. The first-order valence-corrected chi connectivity index (χ1v) is 9.79. The van der Waals surface area contributed by atoms with E-state index in [-0.39, 0.29) is 12.6 Å². The van der Waals surface area contributed by atoms with Crippen molar-refractivity contribution in [3.63, 3.8) is 0 Å². The van der Waals surface area contributed by atoms with Gasteiger partial charge in [0, 0.05) is 12.1 Å². The lowest BCUT2D eigenvalue weighted by Gasteiger charge is -2.14. The maximum atomic E-state index is 12.1. The lowest BCUT2D eigenvalue weighted by Crippen LogP contribution is -2.37. The summed E-state index contributed by atoms with van der Waals surface area (Å²) >= 11 is 0. The molecule has 154 valence electrons. The zero-order valence-corrected chi connectivity index (χ0v) is 17.3. The summed E-state index contributed by atoms with van der Waals surface area (Å²) in [7, 11) is 0. The van der Waals surface area contributed by atoms with Crippen molar-refractivity contribution < 1.29 is 14.3 Å². The van der Waals surface area contributed by atoms with Gasteiger partial charge >= 0.3 is 11.8 Å². The summed E-state index contributed by atoms with van der Waals surface area (Å²) < 4.78 is 5.87. The van der Waals surface area contributed by atoms with Crippen molar-refractivity contribution in [3.05, 3.63) is 77.4 Å². The second-order valence-corrected chi connectivity index (χ2v) is 7.23. The molecule has 0 unspecified atom stereocenters. The monoisotopic (exact) mass is 403 g/mol. The predicted molar refractivity (Wildman–Crippen MR) is 118 cm³/mol. The Labute approximate surface area is 175 Å². The van der Waals surface area contributed by atoms with Crippen molar-refractivity contribution in [1.82, 2.24) is 10.7 Å². The van der Waals surface area contributed by atoms with Crippen LogP contribution in [0.3, 0.4) is 0 Å². The third-order valence-electron chi connectivity index (χ3n) is 4.43. The first-order chi connectivity index (χ1) is 14.4. The first-order valence-electron chi connectivity index (χ1n) is 9.79. The van der Waals surface area contributed by atoms with E-state index in [1.54, 1.807) is 0 Å². The van der Waals surface area contributed by atoms with Gasteiger partial charge in [0.2, 0.25) is 0 Å². The van der Waals surface area contributed by atoms with Crippen LogP contribution in [0.15, 0.2) is 65.8 Å². The molecule has 2 N–H and O–H groups in total. The van der Waals surface area contributed by atoms with Crippen LogP contribution in [0, 0.1) is 6.92 Å². The Morgan fingerprint density at radius 2 is 1.73 bits per heavy atom. The second-order valence-electron chi connectivity index (χ2n) is 7.23. The number of carbonyl (C=O) groups excluding carboxylic acids is 2. The molecule has 0 spiro atoms. The van der Waals surface area contributed by atoms with Crippen molar-refractivity contribution in [1.29, 1.82) is 0 Å². The van der Waals surface area contributed by atoms with Gasteiger partial charge in [-0.3, -0.25) is 9.59 Å². The van der Waals surface area contributed by atoms with E-state index < -0.39 is 11.8 Å². The van der Waals surface area contributed by atoms with Crippen LogP contribution in [-0.2, 0) is 16.1 Å². The molecule has 0 atom stereocenters. The van der Waals surface area contributed by atoms with Crippen molar-refractivity contribution in [3.8, 4) is 5.75 Å². The Balaban J connectivity index is 1.67. The number of rotatable bonds is 6. The molecule has 0 heterocycles. The molecule has 6 heteroatoms. The summed E-state index contributed by atoms with van der Waals surface area (Å²) in [6.45, 7) is 6.14. The summed E-state index contributed by atoms with van der Waals surface area (Å²) in [5, 5.41) is 8.53. The highest BCUT2D eigenvalue weighted by Gasteiger charge is 2.13. The topological polar surface area (TPSA) is 79.8 Å². The lowest BCUT2D eigenvalue weighted by atomic mass is 10.0. The van der Waals surface area contributed by atoms with E-state index in [0.717, 1.165) is 27.5 Å². The average molecular weight is 403 g/mol. The fourth-order valence-corrected chi connectivity index (χ4v) is 2.94. The van der Waals surface area contributed by atoms with E-state index in [2.05, 4.69) is 15.8 Å². The summed E-state index contributed by atoms with van der Waals surface area (Å²) in [5.41, 5.74) is 5.07. The third-order valence-corrected chi connectivity index (χ3v) is 4.43. The standard InChI is InChI=1S/C24H25N3O3/c1-16(2)30-22-13-12-19-6-4-5-7-20(19)21(22)15-26-27-24(29)23(28)25-14-18-10-8-17(3)9-11-18/h4-13,15-16H,14H2,1-3H3,(H,25,28)(H,27,29)/b26-15-. The average Bonchev–Trinajstić information content (AvgIpc) is 2.74. The van der Waals surface area contributed by atoms with Gasteiger partial charge in [-0.05, 0) is 43.2 Å². The highest BCUT2D eigenvalue weighted by Crippen LogP contribution is 2.27. The minimum atomic E-state index is -0.829. The molecule has 0 bridgehead atoms. The van der Waals surface area contributed by atoms with Gasteiger partial charge in [-0.25, -0.2) is 5.43 Å². The summed E-state index contributed by atoms with van der Waals surface area (Å²) in [5.74, 6) is -0.917. The number of nitrogens with one attached hydrogen (secondary N) is 2. The molecular formula is C24H25N3O3. The lowest BCUT2D eigenvalue weighted by molar-refractivity contribution is -0.139. The minimum absolute atomic E-state index is 0.0135. The van der Waals surface area contributed by atoms with Crippen LogP contribution in [-0.4, -0.2) is 24.1 Å². The van der Waals surface area contributed by atoms with Crippen LogP contribution >= 0.6 is 0 Å². The Morgan fingerprint density at radius 3 is 2.47 bits per heavy atom. The highest BCUT2D eigenvalue weighted by atomic mass is 16.5. The number of ether oxygens (including phenoxy) is 1. The largest absolute Gasteiger partial charge is 0.490 e. The van der Waals surface area contributed by atoms with Crippen molar-refractivity contribution in [2.45, 2.75) is 33.4 Å². The van der Waals surface area contributed by atoms with Gasteiger partial charge in [0.1, 0.15) is 5.75 Å². The Morgan fingerprint density at radius 1 is 1.00 bits per heavy atom. The van der Waals surface area contributed by atoms with Crippen LogP contribution in [0.1, 0.15) is 30.5 Å². The van der Waals surface area contributed by atoms with Gasteiger partial charge in [0.15, 0.2) is 0 Å². The van der Waals surface area contributed by atoms with E-state index in [1.807, 2.05) is 81.4 Å².